The predicted molar refractivity (Wildman–Crippen MR) is 96.2 cm³/mol. The summed E-state index contributed by atoms with van der Waals surface area (Å²) in [6.45, 7) is 5.45. The van der Waals surface area contributed by atoms with Crippen LogP contribution < -0.4 is 10.5 Å². The molecule has 0 aliphatic carbocycles. The summed E-state index contributed by atoms with van der Waals surface area (Å²) in [6.07, 6.45) is 3.16. The number of rotatable bonds is 4. The zero-order valence-electron chi connectivity index (χ0n) is 14.4. The molecule has 0 aliphatic heterocycles. The van der Waals surface area contributed by atoms with Crippen molar-refractivity contribution in [2.75, 3.05) is 5.06 Å². The third kappa shape index (κ3) is 3.14. The van der Waals surface area contributed by atoms with Crippen molar-refractivity contribution in [3.8, 4) is 0 Å². The Hall–Kier alpha value is -3.26. The number of H-pyrrole nitrogens is 1. The first-order valence-electron chi connectivity index (χ1n) is 7.82. The molecule has 1 aromatic carbocycles. The SMILES string of the molecule is CC(C)(C)ON(C=O)c1cnc2c(ccc3c(=O)c(C(=O)O)c[nH]c32)c1. The number of pyridine rings is 2. The van der Waals surface area contributed by atoms with E-state index in [-0.39, 0.29) is 10.9 Å². The monoisotopic (exact) mass is 355 g/mol. The number of hydrogen-bond donors (Lipinski definition) is 2. The average molecular weight is 355 g/mol. The summed E-state index contributed by atoms with van der Waals surface area (Å²) in [7, 11) is 0. The van der Waals surface area contributed by atoms with Crippen LogP contribution >= 0.6 is 0 Å². The highest BCUT2D eigenvalue weighted by atomic mass is 16.7. The minimum atomic E-state index is -1.29. The molecule has 26 heavy (non-hydrogen) atoms. The van der Waals surface area contributed by atoms with Gasteiger partial charge in [-0.25, -0.2) is 4.79 Å². The van der Waals surface area contributed by atoms with Crippen LogP contribution in [0.25, 0.3) is 21.8 Å². The molecule has 3 aromatic rings. The van der Waals surface area contributed by atoms with Gasteiger partial charge in [0, 0.05) is 17.0 Å². The van der Waals surface area contributed by atoms with Gasteiger partial charge in [0.25, 0.3) is 0 Å². The Kier molecular flexibility index (Phi) is 4.21. The fraction of sp³-hybridized carbons (Fsp3) is 0.222. The highest BCUT2D eigenvalue weighted by Gasteiger charge is 2.19. The Morgan fingerprint density at radius 2 is 2.08 bits per heavy atom. The molecule has 134 valence electrons. The third-order valence-electron chi connectivity index (χ3n) is 3.64. The van der Waals surface area contributed by atoms with E-state index in [2.05, 4.69) is 9.97 Å². The van der Waals surface area contributed by atoms with Crippen LogP contribution in [-0.2, 0) is 9.63 Å². The van der Waals surface area contributed by atoms with E-state index < -0.39 is 17.0 Å². The van der Waals surface area contributed by atoms with E-state index in [1.165, 1.54) is 12.3 Å². The molecule has 0 saturated heterocycles. The van der Waals surface area contributed by atoms with Crippen LogP contribution in [0.1, 0.15) is 31.1 Å². The Balaban J connectivity index is 2.16. The number of anilines is 1. The number of carbonyl (C=O) groups excluding carboxylic acids is 1. The molecule has 2 aromatic heterocycles. The summed E-state index contributed by atoms with van der Waals surface area (Å²) in [5.41, 5.74) is -0.132. The number of aromatic nitrogens is 2. The van der Waals surface area contributed by atoms with Gasteiger partial charge in [0.1, 0.15) is 5.56 Å². The number of aromatic amines is 1. The molecular formula is C18H17N3O5. The van der Waals surface area contributed by atoms with Crippen molar-refractivity contribution in [1.82, 2.24) is 9.97 Å². The van der Waals surface area contributed by atoms with Crippen LogP contribution in [0.2, 0.25) is 0 Å². The number of carboxylic acid groups (broad SMARTS) is 1. The normalized spacial score (nSPS) is 11.7. The molecule has 2 heterocycles. The molecule has 2 N–H and O–H groups in total. The molecule has 1 amide bonds. The second-order valence-electron chi connectivity index (χ2n) is 6.72. The van der Waals surface area contributed by atoms with Crippen LogP contribution in [0, 0.1) is 0 Å². The summed E-state index contributed by atoms with van der Waals surface area (Å²) < 4.78 is 0. The number of aromatic carboxylic acids is 1. The average Bonchev–Trinajstić information content (AvgIpc) is 2.58. The lowest BCUT2D eigenvalue weighted by Gasteiger charge is -2.26. The number of carbonyl (C=O) groups is 2. The standard InChI is InChI=1S/C18H17N3O5/c1-18(2,3)26-21(9-22)11-6-10-4-5-12-15(14(10)19-7-11)20-8-13(16(12)23)17(24)25/h4-9H,1-3H3,(H,20,23)(H,24,25). The lowest BCUT2D eigenvalue weighted by molar-refractivity contribution is -0.120. The van der Waals surface area contributed by atoms with Gasteiger partial charge in [-0.1, -0.05) is 6.07 Å². The molecule has 8 heteroatoms. The first kappa shape index (κ1) is 17.6. The molecule has 3 rings (SSSR count). The molecule has 0 fully saturated rings. The summed E-state index contributed by atoms with van der Waals surface area (Å²) in [5, 5.41) is 11.1. The van der Waals surface area contributed by atoms with Crippen LogP contribution in [-0.4, -0.2) is 33.1 Å². The lowest BCUT2D eigenvalue weighted by atomic mass is 10.1. The second-order valence-corrected chi connectivity index (χ2v) is 6.72. The number of hydroxylamine groups is 1. The van der Waals surface area contributed by atoms with Gasteiger partial charge >= 0.3 is 5.97 Å². The minimum absolute atomic E-state index is 0.232. The molecule has 0 bridgehead atoms. The molecule has 0 aliphatic rings. The second kappa shape index (κ2) is 6.23. The predicted octanol–water partition coefficient (Wildman–Crippen LogP) is 2.47. The van der Waals surface area contributed by atoms with Crippen molar-refractivity contribution in [1.29, 1.82) is 0 Å². The molecular weight excluding hydrogens is 338 g/mol. The Morgan fingerprint density at radius 3 is 2.69 bits per heavy atom. The van der Waals surface area contributed by atoms with E-state index in [9.17, 15) is 14.4 Å². The fourth-order valence-electron chi connectivity index (χ4n) is 2.59. The summed E-state index contributed by atoms with van der Waals surface area (Å²) >= 11 is 0. The smallest absolute Gasteiger partial charge is 0.341 e. The highest BCUT2D eigenvalue weighted by molar-refractivity contribution is 6.05. The largest absolute Gasteiger partial charge is 0.477 e. The molecule has 0 unspecified atom stereocenters. The van der Waals surface area contributed by atoms with Crippen LogP contribution in [0.3, 0.4) is 0 Å². The van der Waals surface area contributed by atoms with E-state index in [1.807, 2.05) is 20.8 Å². The van der Waals surface area contributed by atoms with Gasteiger partial charge in [-0.15, -0.1) is 0 Å². The summed E-state index contributed by atoms with van der Waals surface area (Å²) in [5.74, 6) is -1.29. The number of nitrogens with zero attached hydrogens (tertiary/aromatic N) is 2. The van der Waals surface area contributed by atoms with Crippen molar-refractivity contribution in [3.05, 3.63) is 46.4 Å². The maximum atomic E-state index is 12.3. The maximum Gasteiger partial charge on any atom is 0.341 e. The molecule has 0 radical (unpaired) electrons. The fourth-order valence-corrected chi connectivity index (χ4v) is 2.59. The van der Waals surface area contributed by atoms with Gasteiger partial charge < -0.3 is 10.1 Å². The van der Waals surface area contributed by atoms with E-state index >= 15 is 0 Å². The van der Waals surface area contributed by atoms with Gasteiger partial charge in [0.05, 0.1) is 28.5 Å². The number of carboxylic acids is 1. The number of amides is 1. The highest BCUT2D eigenvalue weighted by Crippen LogP contribution is 2.25. The molecule has 0 atom stereocenters. The van der Waals surface area contributed by atoms with Crippen LogP contribution in [0.4, 0.5) is 5.69 Å². The quantitative estimate of drug-likeness (QED) is 0.422. The first-order chi connectivity index (χ1) is 12.2. The van der Waals surface area contributed by atoms with E-state index in [1.54, 1.807) is 12.1 Å². The first-order valence-corrected chi connectivity index (χ1v) is 7.82. The van der Waals surface area contributed by atoms with Crippen molar-refractivity contribution in [2.45, 2.75) is 26.4 Å². The number of hydrogen-bond acceptors (Lipinski definition) is 5. The maximum absolute atomic E-state index is 12.3. The lowest BCUT2D eigenvalue weighted by Crippen LogP contribution is -2.33. The Bertz CT molecular complexity index is 1080. The molecule has 0 spiro atoms. The van der Waals surface area contributed by atoms with Crippen molar-refractivity contribution < 1.29 is 19.5 Å². The minimum Gasteiger partial charge on any atom is -0.477 e. The van der Waals surface area contributed by atoms with Gasteiger partial charge in [-0.2, -0.15) is 5.06 Å². The van der Waals surface area contributed by atoms with E-state index in [0.29, 0.717) is 28.5 Å². The van der Waals surface area contributed by atoms with Crippen molar-refractivity contribution in [2.24, 2.45) is 0 Å². The van der Waals surface area contributed by atoms with E-state index in [0.717, 1.165) is 11.3 Å². The van der Waals surface area contributed by atoms with Crippen molar-refractivity contribution >= 4 is 39.9 Å². The Labute approximate surface area is 148 Å². The Morgan fingerprint density at radius 1 is 1.35 bits per heavy atom. The zero-order valence-corrected chi connectivity index (χ0v) is 14.4. The van der Waals surface area contributed by atoms with E-state index in [4.69, 9.17) is 9.94 Å². The van der Waals surface area contributed by atoms with Crippen LogP contribution in [0.15, 0.2) is 35.4 Å². The number of fused-ring (bicyclic) bond motifs is 3. The third-order valence-corrected chi connectivity index (χ3v) is 3.64. The summed E-state index contributed by atoms with van der Waals surface area (Å²) in [4.78, 5) is 47.5. The van der Waals surface area contributed by atoms with Crippen LogP contribution in [0.5, 0.6) is 0 Å². The molecule has 0 saturated carbocycles. The topological polar surface area (TPSA) is 113 Å². The van der Waals surface area contributed by atoms with Gasteiger partial charge in [-0.3, -0.25) is 19.4 Å². The number of benzene rings is 1. The van der Waals surface area contributed by atoms with Gasteiger partial charge in [0.15, 0.2) is 0 Å². The zero-order chi connectivity index (χ0) is 19.1. The number of nitrogens with one attached hydrogen (secondary N) is 1. The van der Waals surface area contributed by atoms with Crippen molar-refractivity contribution in [3.63, 3.8) is 0 Å². The van der Waals surface area contributed by atoms with Gasteiger partial charge in [-0.05, 0) is 32.9 Å². The molecule has 8 nitrogen and oxygen atoms in total. The van der Waals surface area contributed by atoms with Gasteiger partial charge in [0.2, 0.25) is 11.8 Å². The summed E-state index contributed by atoms with van der Waals surface area (Å²) in [6, 6.07) is 4.88.